The minimum absolute atomic E-state index is 0. The molecule has 0 radical (unpaired) electrons. The first-order chi connectivity index (χ1) is 10.2. The standard InChI is InChI=1S/C17H21N3O.HI/c1-13(14-7-4-3-5-8-14)12-19-17(18)20-15-9-6-10-16(11-15)21-2;/h3-11,13H,12H2,1-2H3,(H3,18,19,20);1H. The fourth-order valence-corrected chi connectivity index (χ4v) is 2.01. The van der Waals surface area contributed by atoms with E-state index in [0.717, 1.165) is 11.4 Å². The van der Waals surface area contributed by atoms with Crippen LogP contribution in [0.5, 0.6) is 5.75 Å². The number of nitrogens with one attached hydrogen (secondary N) is 1. The molecule has 0 heterocycles. The lowest BCUT2D eigenvalue weighted by atomic mass is 10.0. The van der Waals surface area contributed by atoms with Gasteiger partial charge in [-0.05, 0) is 17.7 Å². The van der Waals surface area contributed by atoms with Gasteiger partial charge < -0.3 is 15.8 Å². The van der Waals surface area contributed by atoms with E-state index in [9.17, 15) is 0 Å². The molecule has 0 amide bonds. The number of nitrogens with two attached hydrogens (primary N) is 1. The average Bonchev–Trinajstić information content (AvgIpc) is 2.53. The molecule has 0 spiro atoms. The Balaban J connectivity index is 0.00000242. The molecule has 0 fully saturated rings. The zero-order chi connectivity index (χ0) is 15.1. The molecule has 1 atom stereocenters. The van der Waals surface area contributed by atoms with Gasteiger partial charge in [-0.1, -0.05) is 43.3 Å². The van der Waals surface area contributed by atoms with Gasteiger partial charge in [-0.15, -0.1) is 24.0 Å². The Morgan fingerprint density at radius 1 is 1.18 bits per heavy atom. The van der Waals surface area contributed by atoms with Crippen molar-refractivity contribution in [1.29, 1.82) is 0 Å². The van der Waals surface area contributed by atoms with Gasteiger partial charge in [0.05, 0.1) is 7.11 Å². The van der Waals surface area contributed by atoms with E-state index in [1.54, 1.807) is 7.11 Å². The van der Waals surface area contributed by atoms with Crippen LogP contribution in [0.25, 0.3) is 0 Å². The molecular formula is C17H22IN3O. The SMILES string of the molecule is COc1cccc(NC(N)=NCC(C)c2ccccc2)c1.I. The second-order valence-electron chi connectivity index (χ2n) is 4.89. The summed E-state index contributed by atoms with van der Waals surface area (Å²) in [7, 11) is 1.64. The van der Waals surface area contributed by atoms with E-state index in [1.165, 1.54) is 5.56 Å². The lowest BCUT2D eigenvalue weighted by molar-refractivity contribution is 0.415. The van der Waals surface area contributed by atoms with Crippen LogP contribution in [0.4, 0.5) is 5.69 Å². The van der Waals surface area contributed by atoms with Crippen molar-refractivity contribution in [3.8, 4) is 5.75 Å². The molecule has 0 saturated carbocycles. The van der Waals surface area contributed by atoms with E-state index in [2.05, 4.69) is 29.4 Å². The summed E-state index contributed by atoms with van der Waals surface area (Å²) in [6.45, 7) is 2.78. The van der Waals surface area contributed by atoms with Crippen LogP contribution in [-0.4, -0.2) is 19.6 Å². The number of guanidine groups is 1. The summed E-state index contributed by atoms with van der Waals surface area (Å²) in [6, 6.07) is 17.9. The summed E-state index contributed by atoms with van der Waals surface area (Å²) in [5, 5.41) is 3.07. The zero-order valence-electron chi connectivity index (χ0n) is 12.8. The van der Waals surface area contributed by atoms with Gasteiger partial charge in [-0.25, -0.2) is 0 Å². The molecule has 5 heteroatoms. The number of aliphatic imine (C=N–C) groups is 1. The van der Waals surface area contributed by atoms with Crippen molar-refractivity contribution in [3.63, 3.8) is 0 Å². The van der Waals surface area contributed by atoms with Gasteiger partial charge in [-0.2, -0.15) is 0 Å². The normalized spacial score (nSPS) is 12.2. The largest absolute Gasteiger partial charge is 0.497 e. The van der Waals surface area contributed by atoms with Crippen LogP contribution < -0.4 is 15.8 Å². The number of hydrogen-bond donors (Lipinski definition) is 2. The second-order valence-corrected chi connectivity index (χ2v) is 4.89. The van der Waals surface area contributed by atoms with E-state index in [1.807, 2.05) is 42.5 Å². The van der Waals surface area contributed by atoms with Crippen LogP contribution in [0.3, 0.4) is 0 Å². The fraction of sp³-hybridized carbons (Fsp3) is 0.235. The Labute approximate surface area is 148 Å². The molecule has 4 nitrogen and oxygen atoms in total. The molecule has 22 heavy (non-hydrogen) atoms. The number of benzene rings is 2. The monoisotopic (exact) mass is 411 g/mol. The number of anilines is 1. The summed E-state index contributed by atoms with van der Waals surface area (Å²) in [5.74, 6) is 1.52. The third kappa shape index (κ3) is 5.55. The lowest BCUT2D eigenvalue weighted by Gasteiger charge is -2.11. The van der Waals surface area contributed by atoms with E-state index in [0.29, 0.717) is 18.4 Å². The number of rotatable bonds is 5. The molecule has 1 unspecified atom stereocenters. The molecule has 0 aromatic heterocycles. The molecule has 0 aliphatic heterocycles. The van der Waals surface area contributed by atoms with E-state index in [4.69, 9.17) is 10.5 Å². The van der Waals surface area contributed by atoms with E-state index in [-0.39, 0.29) is 24.0 Å². The molecule has 0 saturated heterocycles. The van der Waals surface area contributed by atoms with Crippen molar-refractivity contribution in [1.82, 2.24) is 0 Å². The Hall–Kier alpha value is -1.76. The van der Waals surface area contributed by atoms with Crippen molar-refractivity contribution < 1.29 is 4.74 Å². The number of hydrogen-bond acceptors (Lipinski definition) is 2. The van der Waals surface area contributed by atoms with Crippen LogP contribution in [-0.2, 0) is 0 Å². The van der Waals surface area contributed by atoms with Gasteiger partial charge in [0.1, 0.15) is 5.75 Å². The van der Waals surface area contributed by atoms with Crippen molar-refractivity contribution in [2.24, 2.45) is 10.7 Å². The fourth-order valence-electron chi connectivity index (χ4n) is 2.01. The lowest BCUT2D eigenvalue weighted by Crippen LogP contribution is -2.23. The summed E-state index contributed by atoms with van der Waals surface area (Å²) < 4.78 is 5.17. The number of nitrogens with zero attached hydrogens (tertiary/aromatic N) is 1. The summed E-state index contributed by atoms with van der Waals surface area (Å²) in [5.41, 5.74) is 8.05. The average molecular weight is 411 g/mol. The highest BCUT2D eigenvalue weighted by Gasteiger charge is 2.04. The maximum atomic E-state index is 5.92. The molecule has 2 aromatic rings. The van der Waals surface area contributed by atoms with Crippen LogP contribution in [0.2, 0.25) is 0 Å². The van der Waals surface area contributed by atoms with E-state index < -0.39 is 0 Å². The zero-order valence-corrected chi connectivity index (χ0v) is 15.2. The first kappa shape index (κ1) is 18.3. The Morgan fingerprint density at radius 2 is 1.91 bits per heavy atom. The second kappa shape index (κ2) is 9.30. The minimum Gasteiger partial charge on any atom is -0.497 e. The quantitative estimate of drug-likeness (QED) is 0.447. The van der Waals surface area contributed by atoms with Gasteiger partial charge in [0.2, 0.25) is 0 Å². The Kier molecular flexibility index (Phi) is 7.73. The maximum Gasteiger partial charge on any atom is 0.193 e. The summed E-state index contributed by atoms with van der Waals surface area (Å²) >= 11 is 0. The van der Waals surface area contributed by atoms with Crippen LogP contribution in [0.1, 0.15) is 18.4 Å². The molecule has 3 N–H and O–H groups in total. The van der Waals surface area contributed by atoms with Crippen molar-refractivity contribution in [2.45, 2.75) is 12.8 Å². The van der Waals surface area contributed by atoms with Crippen LogP contribution in [0.15, 0.2) is 59.6 Å². The van der Waals surface area contributed by atoms with Gasteiger partial charge in [-0.3, -0.25) is 4.99 Å². The molecular weight excluding hydrogens is 389 g/mol. The highest BCUT2D eigenvalue weighted by molar-refractivity contribution is 14.0. The molecule has 0 aliphatic rings. The molecule has 2 rings (SSSR count). The molecule has 118 valence electrons. The van der Waals surface area contributed by atoms with Gasteiger partial charge in [0.15, 0.2) is 5.96 Å². The van der Waals surface area contributed by atoms with Gasteiger partial charge >= 0.3 is 0 Å². The van der Waals surface area contributed by atoms with Crippen molar-refractivity contribution in [2.75, 3.05) is 19.0 Å². The summed E-state index contributed by atoms with van der Waals surface area (Å²) in [6.07, 6.45) is 0. The predicted molar refractivity (Wildman–Crippen MR) is 103 cm³/mol. The molecule has 0 bridgehead atoms. The highest BCUT2D eigenvalue weighted by Crippen LogP contribution is 2.17. The van der Waals surface area contributed by atoms with Crippen molar-refractivity contribution >= 4 is 35.6 Å². The van der Waals surface area contributed by atoms with Crippen molar-refractivity contribution in [3.05, 3.63) is 60.2 Å². The number of halogens is 1. The Bertz CT molecular complexity index is 602. The Morgan fingerprint density at radius 3 is 2.59 bits per heavy atom. The van der Waals surface area contributed by atoms with Crippen LogP contribution >= 0.6 is 24.0 Å². The van der Waals surface area contributed by atoms with E-state index >= 15 is 0 Å². The molecule has 0 aliphatic carbocycles. The minimum atomic E-state index is 0. The third-order valence-electron chi connectivity index (χ3n) is 3.25. The smallest absolute Gasteiger partial charge is 0.193 e. The van der Waals surface area contributed by atoms with Crippen LogP contribution in [0, 0.1) is 0 Å². The van der Waals surface area contributed by atoms with Gasteiger partial charge in [0.25, 0.3) is 0 Å². The maximum absolute atomic E-state index is 5.92. The number of ether oxygens (including phenoxy) is 1. The summed E-state index contributed by atoms with van der Waals surface area (Å²) in [4.78, 5) is 4.39. The number of methoxy groups -OCH3 is 1. The highest BCUT2D eigenvalue weighted by atomic mass is 127. The first-order valence-corrected chi connectivity index (χ1v) is 6.95. The third-order valence-corrected chi connectivity index (χ3v) is 3.25. The topological polar surface area (TPSA) is 59.6 Å². The predicted octanol–water partition coefficient (Wildman–Crippen LogP) is 3.84. The first-order valence-electron chi connectivity index (χ1n) is 6.95. The van der Waals surface area contributed by atoms with Gasteiger partial charge in [0, 0.05) is 24.2 Å². The molecule has 2 aromatic carbocycles.